The molecule has 0 saturated carbocycles. The summed E-state index contributed by atoms with van der Waals surface area (Å²) in [5.74, 6) is 0.535. The highest BCUT2D eigenvalue weighted by Crippen LogP contribution is 2.27. The molecule has 0 radical (unpaired) electrons. The molecular weight excluding hydrogens is 298 g/mol. The van der Waals surface area contributed by atoms with Crippen molar-refractivity contribution in [2.75, 3.05) is 25.0 Å². The zero-order valence-corrected chi connectivity index (χ0v) is 13.8. The standard InChI is InChI=1S/C15H21N5OS/c1-11(21)19(2)15-17-13(10-22-15)9-20-7-3-4-12(8-20)14-5-6-16-18-14/h5-6,10,12H,3-4,7-9H2,1-2H3,(H,16,18)/t12-/m1/s1. The topological polar surface area (TPSA) is 65.1 Å². The van der Waals surface area contributed by atoms with Crippen molar-refractivity contribution in [1.82, 2.24) is 20.1 Å². The molecular formula is C15H21N5OS. The van der Waals surface area contributed by atoms with Gasteiger partial charge >= 0.3 is 0 Å². The number of aromatic amines is 1. The second kappa shape index (κ2) is 6.58. The van der Waals surface area contributed by atoms with E-state index < -0.39 is 0 Å². The van der Waals surface area contributed by atoms with E-state index in [0.717, 1.165) is 30.5 Å². The molecule has 1 amide bonds. The highest BCUT2D eigenvalue weighted by Gasteiger charge is 2.23. The molecule has 1 atom stereocenters. The molecule has 1 N–H and O–H groups in total. The Morgan fingerprint density at radius 3 is 3.18 bits per heavy atom. The van der Waals surface area contributed by atoms with Crippen molar-refractivity contribution < 1.29 is 4.79 Å². The SMILES string of the molecule is CC(=O)N(C)c1nc(CN2CCC[C@@H](c3ccn[nH]3)C2)cs1. The van der Waals surface area contributed by atoms with Crippen LogP contribution in [0.3, 0.4) is 0 Å². The molecule has 1 aliphatic rings. The zero-order chi connectivity index (χ0) is 15.5. The number of carbonyl (C=O) groups excluding carboxylic acids is 1. The molecule has 2 aromatic rings. The fraction of sp³-hybridized carbons (Fsp3) is 0.533. The summed E-state index contributed by atoms with van der Waals surface area (Å²) in [7, 11) is 1.76. The molecule has 3 rings (SSSR count). The number of nitrogens with zero attached hydrogens (tertiary/aromatic N) is 4. The summed E-state index contributed by atoms with van der Waals surface area (Å²) in [6, 6.07) is 2.07. The van der Waals surface area contributed by atoms with E-state index in [2.05, 4.69) is 31.5 Å². The Bertz CT molecular complexity index is 624. The first-order chi connectivity index (χ1) is 10.6. The minimum atomic E-state index is 0.0122. The molecule has 118 valence electrons. The summed E-state index contributed by atoms with van der Waals surface area (Å²) >= 11 is 1.52. The van der Waals surface area contributed by atoms with Gasteiger partial charge in [0.05, 0.1) is 5.69 Å². The maximum atomic E-state index is 11.4. The largest absolute Gasteiger partial charge is 0.297 e. The van der Waals surface area contributed by atoms with Gasteiger partial charge in [0.25, 0.3) is 0 Å². The fourth-order valence-corrected chi connectivity index (χ4v) is 3.66. The van der Waals surface area contributed by atoms with Crippen molar-refractivity contribution in [2.45, 2.75) is 32.2 Å². The maximum Gasteiger partial charge on any atom is 0.225 e. The number of aromatic nitrogens is 3. The van der Waals surface area contributed by atoms with Gasteiger partial charge in [0, 0.05) is 50.2 Å². The van der Waals surface area contributed by atoms with Crippen LogP contribution in [0.25, 0.3) is 0 Å². The lowest BCUT2D eigenvalue weighted by Crippen LogP contribution is -2.34. The number of rotatable bonds is 4. The summed E-state index contributed by atoms with van der Waals surface area (Å²) in [5.41, 5.74) is 2.26. The minimum Gasteiger partial charge on any atom is -0.297 e. The number of hydrogen-bond donors (Lipinski definition) is 1. The van der Waals surface area contributed by atoms with Crippen LogP contribution in [0.1, 0.15) is 37.1 Å². The average Bonchev–Trinajstić information content (AvgIpc) is 3.18. The van der Waals surface area contributed by atoms with Crippen molar-refractivity contribution in [2.24, 2.45) is 0 Å². The van der Waals surface area contributed by atoms with Crippen LogP contribution in [-0.4, -0.2) is 46.1 Å². The van der Waals surface area contributed by atoms with Crippen LogP contribution in [0.15, 0.2) is 17.6 Å². The van der Waals surface area contributed by atoms with Gasteiger partial charge in [0.15, 0.2) is 5.13 Å². The summed E-state index contributed by atoms with van der Waals surface area (Å²) in [5, 5.41) is 9.96. The maximum absolute atomic E-state index is 11.4. The summed E-state index contributed by atoms with van der Waals surface area (Å²) in [4.78, 5) is 20.0. The predicted octanol–water partition coefficient (Wildman–Crippen LogP) is 2.23. The van der Waals surface area contributed by atoms with Gasteiger partial charge in [-0.1, -0.05) is 0 Å². The van der Waals surface area contributed by atoms with E-state index >= 15 is 0 Å². The lowest BCUT2D eigenvalue weighted by Gasteiger charge is -2.31. The van der Waals surface area contributed by atoms with Crippen LogP contribution in [0.5, 0.6) is 0 Å². The van der Waals surface area contributed by atoms with E-state index in [9.17, 15) is 4.79 Å². The van der Waals surface area contributed by atoms with Gasteiger partial charge in [-0.25, -0.2) is 4.98 Å². The van der Waals surface area contributed by atoms with Gasteiger partial charge in [0.2, 0.25) is 5.91 Å². The number of likely N-dealkylation sites (tertiary alicyclic amines) is 1. The molecule has 7 heteroatoms. The molecule has 2 aromatic heterocycles. The second-order valence-electron chi connectivity index (χ2n) is 5.79. The van der Waals surface area contributed by atoms with Crippen molar-refractivity contribution in [1.29, 1.82) is 0 Å². The van der Waals surface area contributed by atoms with E-state index in [1.54, 1.807) is 18.9 Å². The molecule has 22 heavy (non-hydrogen) atoms. The van der Waals surface area contributed by atoms with E-state index in [1.165, 1.54) is 29.9 Å². The number of H-pyrrole nitrogens is 1. The van der Waals surface area contributed by atoms with Crippen molar-refractivity contribution in [3.8, 4) is 0 Å². The highest BCUT2D eigenvalue weighted by atomic mass is 32.1. The third kappa shape index (κ3) is 3.36. The minimum absolute atomic E-state index is 0.0122. The molecule has 1 fully saturated rings. The molecule has 0 bridgehead atoms. The first-order valence-electron chi connectivity index (χ1n) is 7.54. The number of anilines is 1. The zero-order valence-electron chi connectivity index (χ0n) is 13.0. The lowest BCUT2D eigenvalue weighted by molar-refractivity contribution is -0.116. The molecule has 0 aliphatic carbocycles. The highest BCUT2D eigenvalue weighted by molar-refractivity contribution is 7.14. The Morgan fingerprint density at radius 2 is 2.45 bits per heavy atom. The van der Waals surface area contributed by atoms with E-state index in [-0.39, 0.29) is 5.91 Å². The van der Waals surface area contributed by atoms with Gasteiger partial charge < -0.3 is 0 Å². The Balaban J connectivity index is 1.62. The second-order valence-corrected chi connectivity index (χ2v) is 6.62. The summed E-state index contributed by atoms with van der Waals surface area (Å²) in [6.45, 7) is 4.52. The van der Waals surface area contributed by atoms with Gasteiger partial charge in [-0.3, -0.25) is 19.7 Å². The first-order valence-corrected chi connectivity index (χ1v) is 8.42. The van der Waals surface area contributed by atoms with E-state index in [4.69, 9.17) is 0 Å². The molecule has 0 unspecified atom stereocenters. The van der Waals surface area contributed by atoms with E-state index in [0.29, 0.717) is 5.92 Å². The number of nitrogens with one attached hydrogen (secondary N) is 1. The molecule has 1 aliphatic heterocycles. The summed E-state index contributed by atoms with van der Waals surface area (Å²) < 4.78 is 0. The quantitative estimate of drug-likeness (QED) is 0.938. The molecule has 0 aromatic carbocycles. The van der Waals surface area contributed by atoms with Gasteiger partial charge in [-0.2, -0.15) is 5.10 Å². The molecule has 1 saturated heterocycles. The van der Waals surface area contributed by atoms with Crippen LogP contribution in [0.2, 0.25) is 0 Å². The molecule has 3 heterocycles. The summed E-state index contributed by atoms with van der Waals surface area (Å²) in [6.07, 6.45) is 4.21. The average molecular weight is 319 g/mol. The van der Waals surface area contributed by atoms with Crippen LogP contribution >= 0.6 is 11.3 Å². The number of carbonyl (C=O) groups is 1. The van der Waals surface area contributed by atoms with Crippen LogP contribution < -0.4 is 4.90 Å². The van der Waals surface area contributed by atoms with Crippen LogP contribution in [0, 0.1) is 0 Å². The van der Waals surface area contributed by atoms with Gasteiger partial charge in [-0.05, 0) is 25.5 Å². The van der Waals surface area contributed by atoms with Crippen LogP contribution in [0.4, 0.5) is 5.13 Å². The Morgan fingerprint density at radius 1 is 1.59 bits per heavy atom. The molecule has 6 nitrogen and oxygen atoms in total. The molecule has 0 spiro atoms. The number of hydrogen-bond acceptors (Lipinski definition) is 5. The predicted molar refractivity (Wildman–Crippen MR) is 87.0 cm³/mol. The van der Waals surface area contributed by atoms with Gasteiger partial charge in [0.1, 0.15) is 0 Å². The van der Waals surface area contributed by atoms with Crippen LogP contribution in [-0.2, 0) is 11.3 Å². The van der Waals surface area contributed by atoms with Gasteiger partial charge in [-0.15, -0.1) is 11.3 Å². The fourth-order valence-electron chi connectivity index (χ4n) is 2.83. The van der Waals surface area contributed by atoms with Crippen molar-refractivity contribution in [3.63, 3.8) is 0 Å². The number of thiazole rings is 1. The lowest BCUT2D eigenvalue weighted by atomic mass is 9.95. The monoisotopic (exact) mass is 319 g/mol. The van der Waals surface area contributed by atoms with Crippen molar-refractivity contribution >= 4 is 22.4 Å². The Hall–Kier alpha value is -1.73. The Labute approximate surface area is 134 Å². The van der Waals surface area contributed by atoms with E-state index in [1.807, 2.05) is 6.20 Å². The third-order valence-corrected chi connectivity index (χ3v) is 5.12. The normalized spacial score (nSPS) is 19.3. The number of amides is 1. The number of piperidine rings is 1. The van der Waals surface area contributed by atoms with Crippen molar-refractivity contribution in [3.05, 3.63) is 29.0 Å². The smallest absolute Gasteiger partial charge is 0.225 e. The first kappa shape index (κ1) is 15.2. The third-order valence-electron chi connectivity index (χ3n) is 4.15. The Kier molecular flexibility index (Phi) is 4.54.